The van der Waals surface area contributed by atoms with Gasteiger partial charge < -0.3 is 19.7 Å². The minimum absolute atomic E-state index is 0.152. The fourth-order valence-electron chi connectivity index (χ4n) is 4.36. The summed E-state index contributed by atoms with van der Waals surface area (Å²) in [7, 11) is -3.63. The summed E-state index contributed by atoms with van der Waals surface area (Å²) in [5.74, 6) is -0.258. The maximum Gasteiger partial charge on any atom is 0.261 e. The minimum Gasteiger partial charge on any atom is -0.484 e. The highest BCUT2D eigenvalue weighted by molar-refractivity contribution is 7.89. The fourth-order valence-corrected chi connectivity index (χ4v) is 5.76. The summed E-state index contributed by atoms with van der Waals surface area (Å²) in [6.07, 6.45) is 0.687. The Balaban J connectivity index is 1.37. The summed E-state index contributed by atoms with van der Waals surface area (Å²) in [4.78, 5) is 27.9. The highest BCUT2D eigenvalue weighted by atomic mass is 32.2. The van der Waals surface area contributed by atoms with E-state index in [-0.39, 0.29) is 29.9 Å². The summed E-state index contributed by atoms with van der Waals surface area (Å²) in [6, 6.07) is 24.6. The number of morpholine rings is 1. The van der Waals surface area contributed by atoms with Gasteiger partial charge in [-0.1, -0.05) is 60.7 Å². The standard InChI is InChI=1S/C30H35N3O6S/c1-24(30(35)31-17-16-25-8-4-2-5-9-25)33(22-26-10-6-3-7-11-26)29(34)23-39-27-12-14-28(15-13-27)40(36,37)32-18-20-38-21-19-32/h2-15,24H,16-23H2,1H3,(H,31,35). The first-order valence-electron chi connectivity index (χ1n) is 13.3. The van der Waals surface area contributed by atoms with Crippen LogP contribution in [0.25, 0.3) is 0 Å². The fraction of sp³-hybridized carbons (Fsp3) is 0.333. The molecule has 1 aliphatic rings. The zero-order valence-corrected chi connectivity index (χ0v) is 23.4. The molecule has 1 unspecified atom stereocenters. The highest BCUT2D eigenvalue weighted by Gasteiger charge is 2.28. The average molecular weight is 566 g/mol. The molecule has 0 aliphatic carbocycles. The third-order valence-corrected chi connectivity index (χ3v) is 8.63. The van der Waals surface area contributed by atoms with Gasteiger partial charge in [0, 0.05) is 26.2 Å². The van der Waals surface area contributed by atoms with Crippen LogP contribution in [0.4, 0.5) is 0 Å². The molecule has 40 heavy (non-hydrogen) atoms. The third kappa shape index (κ3) is 7.91. The van der Waals surface area contributed by atoms with Gasteiger partial charge in [0.15, 0.2) is 6.61 Å². The summed E-state index contributed by atoms with van der Waals surface area (Å²) in [5, 5.41) is 2.93. The van der Waals surface area contributed by atoms with Crippen molar-refractivity contribution in [3.63, 3.8) is 0 Å². The Morgan fingerprint density at radius 3 is 2.15 bits per heavy atom. The van der Waals surface area contributed by atoms with Crippen molar-refractivity contribution in [2.45, 2.75) is 30.8 Å². The molecule has 9 nitrogen and oxygen atoms in total. The lowest BCUT2D eigenvalue weighted by molar-refractivity contribution is -0.142. The molecule has 1 atom stereocenters. The SMILES string of the molecule is CC(C(=O)NCCc1ccccc1)N(Cc1ccccc1)C(=O)COc1ccc(S(=O)(=O)N2CCOCC2)cc1. The molecule has 4 rings (SSSR count). The Morgan fingerprint density at radius 2 is 1.52 bits per heavy atom. The predicted octanol–water partition coefficient (Wildman–Crippen LogP) is 2.86. The molecule has 1 saturated heterocycles. The van der Waals surface area contributed by atoms with Gasteiger partial charge in [0.25, 0.3) is 5.91 Å². The molecule has 0 aromatic heterocycles. The number of carbonyl (C=O) groups is 2. The van der Waals surface area contributed by atoms with Crippen molar-refractivity contribution in [1.82, 2.24) is 14.5 Å². The molecule has 0 saturated carbocycles. The van der Waals surface area contributed by atoms with Crippen molar-refractivity contribution >= 4 is 21.8 Å². The number of nitrogens with one attached hydrogen (secondary N) is 1. The molecule has 1 heterocycles. The number of amides is 2. The van der Waals surface area contributed by atoms with Gasteiger partial charge in [-0.25, -0.2) is 8.42 Å². The molecule has 212 valence electrons. The number of hydrogen-bond donors (Lipinski definition) is 1. The van der Waals surface area contributed by atoms with Crippen LogP contribution in [0.2, 0.25) is 0 Å². The number of carbonyl (C=O) groups excluding carboxylic acids is 2. The first kappa shape index (κ1) is 29.3. The molecular formula is C30H35N3O6S. The van der Waals surface area contributed by atoms with Crippen molar-refractivity contribution in [3.05, 3.63) is 96.1 Å². The second-order valence-electron chi connectivity index (χ2n) is 9.49. The van der Waals surface area contributed by atoms with Crippen LogP contribution in [0.5, 0.6) is 5.75 Å². The molecule has 2 amide bonds. The van der Waals surface area contributed by atoms with Crippen LogP contribution < -0.4 is 10.1 Å². The van der Waals surface area contributed by atoms with Crippen LogP contribution in [0.3, 0.4) is 0 Å². The Hall–Kier alpha value is -3.73. The molecule has 0 spiro atoms. The van der Waals surface area contributed by atoms with E-state index >= 15 is 0 Å². The van der Waals surface area contributed by atoms with E-state index < -0.39 is 16.1 Å². The van der Waals surface area contributed by atoms with Gasteiger partial charge in [0.1, 0.15) is 11.8 Å². The van der Waals surface area contributed by atoms with Crippen molar-refractivity contribution in [3.8, 4) is 5.75 Å². The maximum absolute atomic E-state index is 13.3. The number of ether oxygens (including phenoxy) is 2. The summed E-state index contributed by atoms with van der Waals surface area (Å²) < 4.78 is 38.1. The summed E-state index contributed by atoms with van der Waals surface area (Å²) in [5.41, 5.74) is 2.00. The van der Waals surface area contributed by atoms with E-state index in [0.717, 1.165) is 11.1 Å². The first-order valence-corrected chi connectivity index (χ1v) is 14.7. The Labute approximate surface area is 235 Å². The molecule has 0 bridgehead atoms. The molecular weight excluding hydrogens is 530 g/mol. The van der Waals surface area contributed by atoms with Crippen LogP contribution in [0, 0.1) is 0 Å². The smallest absolute Gasteiger partial charge is 0.261 e. The largest absolute Gasteiger partial charge is 0.484 e. The zero-order chi connectivity index (χ0) is 28.4. The second-order valence-corrected chi connectivity index (χ2v) is 11.4. The van der Waals surface area contributed by atoms with Crippen molar-refractivity contribution in [2.24, 2.45) is 0 Å². The van der Waals surface area contributed by atoms with Gasteiger partial charge >= 0.3 is 0 Å². The molecule has 1 N–H and O–H groups in total. The predicted molar refractivity (Wildman–Crippen MR) is 151 cm³/mol. The quantitative estimate of drug-likeness (QED) is 0.362. The number of sulfonamides is 1. The number of nitrogens with zero attached hydrogens (tertiary/aromatic N) is 2. The van der Waals surface area contributed by atoms with E-state index in [1.54, 1.807) is 6.92 Å². The zero-order valence-electron chi connectivity index (χ0n) is 22.6. The van der Waals surface area contributed by atoms with Gasteiger partial charge in [0.2, 0.25) is 15.9 Å². The molecule has 10 heteroatoms. The van der Waals surface area contributed by atoms with E-state index in [0.29, 0.717) is 45.0 Å². The van der Waals surface area contributed by atoms with Crippen LogP contribution >= 0.6 is 0 Å². The average Bonchev–Trinajstić information content (AvgIpc) is 3.00. The third-order valence-electron chi connectivity index (χ3n) is 6.71. The maximum atomic E-state index is 13.3. The van der Waals surface area contributed by atoms with E-state index in [4.69, 9.17) is 9.47 Å². The summed E-state index contributed by atoms with van der Waals surface area (Å²) in [6.45, 7) is 3.45. The lowest BCUT2D eigenvalue weighted by atomic mass is 10.1. The summed E-state index contributed by atoms with van der Waals surface area (Å²) >= 11 is 0. The van der Waals surface area contributed by atoms with E-state index in [1.165, 1.54) is 33.5 Å². The van der Waals surface area contributed by atoms with Crippen LogP contribution in [0.15, 0.2) is 89.8 Å². The van der Waals surface area contributed by atoms with Crippen molar-refractivity contribution in [1.29, 1.82) is 0 Å². The van der Waals surface area contributed by atoms with Gasteiger partial charge in [-0.3, -0.25) is 9.59 Å². The van der Waals surface area contributed by atoms with Crippen LogP contribution in [-0.2, 0) is 37.3 Å². The van der Waals surface area contributed by atoms with Crippen molar-refractivity contribution < 1.29 is 27.5 Å². The van der Waals surface area contributed by atoms with E-state index in [1.807, 2.05) is 60.7 Å². The van der Waals surface area contributed by atoms with Gasteiger partial charge in [-0.05, 0) is 48.7 Å². The van der Waals surface area contributed by atoms with Crippen LogP contribution in [0.1, 0.15) is 18.1 Å². The molecule has 3 aromatic carbocycles. The van der Waals surface area contributed by atoms with E-state index in [9.17, 15) is 18.0 Å². The minimum atomic E-state index is -3.63. The van der Waals surface area contributed by atoms with Crippen molar-refractivity contribution in [2.75, 3.05) is 39.5 Å². The number of rotatable bonds is 12. The Bertz CT molecular complexity index is 1350. The molecule has 3 aromatic rings. The van der Waals surface area contributed by atoms with Gasteiger partial charge in [-0.15, -0.1) is 0 Å². The molecule has 1 fully saturated rings. The number of benzene rings is 3. The first-order chi connectivity index (χ1) is 19.3. The van der Waals surface area contributed by atoms with Crippen LogP contribution in [-0.4, -0.2) is 74.9 Å². The Kier molecular flexibility index (Phi) is 10.3. The lowest BCUT2D eigenvalue weighted by Crippen LogP contribution is -2.49. The Morgan fingerprint density at radius 1 is 0.925 bits per heavy atom. The molecule has 0 radical (unpaired) electrons. The topological polar surface area (TPSA) is 105 Å². The van der Waals surface area contributed by atoms with Gasteiger partial charge in [-0.2, -0.15) is 4.31 Å². The normalized spacial score (nSPS) is 14.7. The molecule has 1 aliphatic heterocycles. The highest BCUT2D eigenvalue weighted by Crippen LogP contribution is 2.21. The monoisotopic (exact) mass is 565 g/mol. The van der Waals surface area contributed by atoms with Gasteiger partial charge in [0.05, 0.1) is 18.1 Å². The van der Waals surface area contributed by atoms with E-state index in [2.05, 4.69) is 5.32 Å². The number of hydrogen-bond acceptors (Lipinski definition) is 6. The second kappa shape index (κ2) is 14.1. The lowest BCUT2D eigenvalue weighted by Gasteiger charge is -2.29.